The standard InChI is InChI=1S/C12H19N3OS/c1-4-15(9-8-14(2)3)12(16)10-6-5-7-13-11(10)17/h5-7H,4,8-9H2,1-3H3,(H,13,17). The first kappa shape index (κ1) is 13.9. The van der Waals surface area contributed by atoms with E-state index >= 15 is 0 Å². The third-order valence-electron chi connectivity index (χ3n) is 2.53. The van der Waals surface area contributed by atoms with E-state index in [9.17, 15) is 4.79 Å². The highest BCUT2D eigenvalue weighted by molar-refractivity contribution is 7.71. The molecule has 1 rings (SSSR count). The molecule has 0 aliphatic carbocycles. The summed E-state index contributed by atoms with van der Waals surface area (Å²) in [6.45, 7) is 4.23. The highest BCUT2D eigenvalue weighted by atomic mass is 32.1. The third-order valence-corrected chi connectivity index (χ3v) is 2.87. The number of rotatable bonds is 5. The molecule has 17 heavy (non-hydrogen) atoms. The van der Waals surface area contributed by atoms with Gasteiger partial charge in [-0.25, -0.2) is 0 Å². The fourth-order valence-electron chi connectivity index (χ4n) is 1.48. The molecule has 0 bridgehead atoms. The van der Waals surface area contributed by atoms with Crippen molar-refractivity contribution in [2.45, 2.75) is 6.92 Å². The lowest BCUT2D eigenvalue weighted by atomic mass is 10.2. The van der Waals surface area contributed by atoms with E-state index in [4.69, 9.17) is 12.2 Å². The van der Waals surface area contributed by atoms with Crippen molar-refractivity contribution < 1.29 is 4.79 Å². The van der Waals surface area contributed by atoms with Gasteiger partial charge in [-0.3, -0.25) is 4.79 Å². The smallest absolute Gasteiger partial charge is 0.256 e. The molecule has 1 aromatic rings. The van der Waals surface area contributed by atoms with Crippen LogP contribution in [0, 0.1) is 4.64 Å². The van der Waals surface area contributed by atoms with E-state index < -0.39 is 0 Å². The van der Waals surface area contributed by atoms with Crippen LogP contribution in [0.2, 0.25) is 0 Å². The molecule has 0 unspecified atom stereocenters. The molecule has 1 N–H and O–H groups in total. The van der Waals surface area contributed by atoms with Crippen LogP contribution in [0.25, 0.3) is 0 Å². The Morgan fingerprint density at radius 2 is 2.12 bits per heavy atom. The average molecular weight is 253 g/mol. The van der Waals surface area contributed by atoms with Crippen molar-refractivity contribution in [1.29, 1.82) is 0 Å². The minimum Gasteiger partial charge on any atom is -0.352 e. The van der Waals surface area contributed by atoms with E-state index in [-0.39, 0.29) is 5.91 Å². The van der Waals surface area contributed by atoms with Crippen molar-refractivity contribution in [1.82, 2.24) is 14.8 Å². The number of likely N-dealkylation sites (N-methyl/N-ethyl adjacent to an activating group) is 2. The van der Waals surface area contributed by atoms with E-state index in [1.54, 1.807) is 23.2 Å². The fourth-order valence-corrected chi connectivity index (χ4v) is 1.71. The van der Waals surface area contributed by atoms with Crippen LogP contribution in [0.1, 0.15) is 17.3 Å². The number of H-pyrrole nitrogens is 1. The van der Waals surface area contributed by atoms with Gasteiger partial charge < -0.3 is 14.8 Å². The molecule has 1 aromatic heterocycles. The number of nitrogens with zero attached hydrogens (tertiary/aromatic N) is 2. The number of aromatic nitrogens is 1. The molecule has 0 aliphatic heterocycles. The van der Waals surface area contributed by atoms with Gasteiger partial charge in [0.1, 0.15) is 4.64 Å². The van der Waals surface area contributed by atoms with Crippen LogP contribution in [0.3, 0.4) is 0 Å². The van der Waals surface area contributed by atoms with E-state index in [2.05, 4.69) is 9.88 Å². The van der Waals surface area contributed by atoms with Crippen LogP contribution in [-0.4, -0.2) is 54.4 Å². The molecule has 0 spiro atoms. The lowest BCUT2D eigenvalue weighted by Crippen LogP contribution is -2.36. The predicted octanol–water partition coefficient (Wildman–Crippen LogP) is 1.77. The minimum atomic E-state index is -0.00352. The van der Waals surface area contributed by atoms with E-state index in [0.29, 0.717) is 23.3 Å². The number of hydrogen-bond donors (Lipinski definition) is 1. The number of carbonyl (C=O) groups excluding carboxylic acids is 1. The van der Waals surface area contributed by atoms with Gasteiger partial charge in [0.05, 0.1) is 5.56 Å². The Morgan fingerprint density at radius 3 is 2.65 bits per heavy atom. The maximum Gasteiger partial charge on any atom is 0.256 e. The van der Waals surface area contributed by atoms with E-state index in [1.165, 1.54) is 0 Å². The van der Waals surface area contributed by atoms with Crippen LogP contribution in [-0.2, 0) is 0 Å². The summed E-state index contributed by atoms with van der Waals surface area (Å²) in [5, 5.41) is 0. The lowest BCUT2D eigenvalue weighted by Gasteiger charge is -2.22. The molecule has 1 heterocycles. The first-order valence-corrected chi connectivity index (χ1v) is 6.08. The van der Waals surface area contributed by atoms with Gasteiger partial charge in [-0.2, -0.15) is 0 Å². The average Bonchev–Trinajstić information content (AvgIpc) is 2.29. The molecule has 0 atom stereocenters. The Bertz CT molecular complexity index is 428. The second-order valence-corrected chi connectivity index (χ2v) is 4.51. The Morgan fingerprint density at radius 1 is 1.41 bits per heavy atom. The monoisotopic (exact) mass is 253 g/mol. The first-order valence-electron chi connectivity index (χ1n) is 5.68. The normalized spacial score (nSPS) is 10.6. The molecule has 0 aromatic carbocycles. The number of pyridine rings is 1. The van der Waals surface area contributed by atoms with Crippen LogP contribution >= 0.6 is 12.2 Å². The number of carbonyl (C=O) groups is 1. The SMILES string of the molecule is CCN(CCN(C)C)C(=O)c1ccc[nH]c1=S. The molecule has 0 aliphatic rings. The summed E-state index contributed by atoms with van der Waals surface area (Å²) in [5.74, 6) is -0.00352. The van der Waals surface area contributed by atoms with E-state index in [1.807, 2.05) is 21.0 Å². The molecule has 0 saturated carbocycles. The van der Waals surface area contributed by atoms with Gasteiger partial charge in [0.2, 0.25) is 0 Å². The zero-order valence-corrected chi connectivity index (χ0v) is 11.4. The quantitative estimate of drug-likeness (QED) is 0.813. The van der Waals surface area contributed by atoms with Crippen molar-refractivity contribution >= 4 is 18.1 Å². The Balaban J connectivity index is 2.80. The highest BCUT2D eigenvalue weighted by Gasteiger charge is 2.15. The molecule has 4 nitrogen and oxygen atoms in total. The van der Waals surface area contributed by atoms with Crippen LogP contribution < -0.4 is 0 Å². The third kappa shape index (κ3) is 3.94. The van der Waals surface area contributed by atoms with Crippen LogP contribution in [0.15, 0.2) is 18.3 Å². The summed E-state index contributed by atoms with van der Waals surface area (Å²) in [4.78, 5) is 19.0. The maximum absolute atomic E-state index is 12.2. The zero-order valence-electron chi connectivity index (χ0n) is 10.6. The lowest BCUT2D eigenvalue weighted by molar-refractivity contribution is 0.0753. The number of aromatic amines is 1. The Hall–Kier alpha value is -1.20. The maximum atomic E-state index is 12.2. The van der Waals surface area contributed by atoms with E-state index in [0.717, 1.165) is 6.54 Å². The molecule has 5 heteroatoms. The van der Waals surface area contributed by atoms with Crippen molar-refractivity contribution in [3.05, 3.63) is 28.5 Å². The van der Waals surface area contributed by atoms with Crippen LogP contribution in [0.5, 0.6) is 0 Å². The summed E-state index contributed by atoms with van der Waals surface area (Å²) in [6.07, 6.45) is 1.73. The largest absolute Gasteiger partial charge is 0.352 e. The Kier molecular flexibility index (Phi) is 5.31. The first-order chi connectivity index (χ1) is 8.06. The number of nitrogens with one attached hydrogen (secondary N) is 1. The summed E-state index contributed by atoms with van der Waals surface area (Å²) < 4.78 is 0.501. The van der Waals surface area contributed by atoms with Crippen molar-refractivity contribution in [2.24, 2.45) is 0 Å². The van der Waals surface area contributed by atoms with Crippen molar-refractivity contribution in [3.63, 3.8) is 0 Å². The molecule has 0 fully saturated rings. The molecular formula is C12H19N3OS. The van der Waals surface area contributed by atoms with Gasteiger partial charge in [0.25, 0.3) is 5.91 Å². The van der Waals surface area contributed by atoms with Crippen molar-refractivity contribution in [2.75, 3.05) is 33.7 Å². The van der Waals surface area contributed by atoms with Gasteiger partial charge in [-0.1, -0.05) is 12.2 Å². The second kappa shape index (κ2) is 6.51. The second-order valence-electron chi connectivity index (χ2n) is 4.10. The van der Waals surface area contributed by atoms with Gasteiger partial charge in [-0.05, 0) is 33.2 Å². The highest BCUT2D eigenvalue weighted by Crippen LogP contribution is 2.05. The number of hydrogen-bond acceptors (Lipinski definition) is 3. The fraction of sp³-hybridized carbons (Fsp3) is 0.500. The number of amides is 1. The molecular weight excluding hydrogens is 234 g/mol. The molecule has 1 amide bonds. The predicted molar refractivity (Wildman–Crippen MR) is 71.8 cm³/mol. The summed E-state index contributed by atoms with van der Waals surface area (Å²) >= 11 is 5.12. The summed E-state index contributed by atoms with van der Waals surface area (Å²) in [7, 11) is 3.99. The van der Waals surface area contributed by atoms with Gasteiger partial charge in [0, 0.05) is 25.8 Å². The molecule has 0 radical (unpaired) electrons. The summed E-state index contributed by atoms with van der Waals surface area (Å²) in [5.41, 5.74) is 0.572. The van der Waals surface area contributed by atoms with Crippen molar-refractivity contribution in [3.8, 4) is 0 Å². The zero-order chi connectivity index (χ0) is 12.8. The topological polar surface area (TPSA) is 39.3 Å². The molecule has 94 valence electrons. The minimum absolute atomic E-state index is 0.00352. The molecule has 0 saturated heterocycles. The van der Waals surface area contributed by atoms with Crippen LogP contribution in [0.4, 0.5) is 0 Å². The Labute approximate surface area is 107 Å². The van der Waals surface area contributed by atoms with Gasteiger partial charge in [0.15, 0.2) is 0 Å². The van der Waals surface area contributed by atoms with Gasteiger partial charge in [-0.15, -0.1) is 0 Å². The van der Waals surface area contributed by atoms with Gasteiger partial charge >= 0.3 is 0 Å². The summed E-state index contributed by atoms with van der Waals surface area (Å²) in [6, 6.07) is 3.56.